The highest BCUT2D eigenvalue weighted by molar-refractivity contribution is 7.85. The predicted octanol–water partition coefficient (Wildman–Crippen LogP) is 8.34. The van der Waals surface area contributed by atoms with Gasteiger partial charge in [-0.25, -0.2) is 4.98 Å². The lowest BCUT2D eigenvalue weighted by Gasteiger charge is -2.14. The van der Waals surface area contributed by atoms with Crippen LogP contribution < -0.4 is 10.6 Å². The summed E-state index contributed by atoms with van der Waals surface area (Å²) in [6.45, 7) is 5.66. The number of anilines is 2. The lowest BCUT2D eigenvalue weighted by molar-refractivity contribution is -0.137. The molecule has 0 aliphatic heterocycles. The summed E-state index contributed by atoms with van der Waals surface area (Å²) >= 11 is 6.19. The molecule has 0 radical (unpaired) electrons. The Morgan fingerprint density at radius 3 is 2.19 bits per heavy atom. The van der Waals surface area contributed by atoms with Crippen LogP contribution in [0.2, 0.25) is 5.02 Å². The van der Waals surface area contributed by atoms with E-state index in [1.807, 2.05) is 6.92 Å². The Hall–Kier alpha value is -4.72. The van der Waals surface area contributed by atoms with Crippen LogP contribution in [-0.4, -0.2) is 34.8 Å². The summed E-state index contributed by atoms with van der Waals surface area (Å²) in [7, 11) is -4.02. The van der Waals surface area contributed by atoms with Crippen LogP contribution in [0.15, 0.2) is 83.8 Å². The molecule has 14 heteroatoms. The average Bonchev–Trinajstić information content (AvgIpc) is 3.62. The SMILES string of the molecule is Cc1c(Cl)cccc1NC(=O)c1cc(NC(=O)c2ccccc2C(F)(F)F)cc2[nH]c(C3(C)CC3)nc12.Cc1ccc(S(=O)(=O)O)cc1. The van der Waals surface area contributed by atoms with Crippen molar-refractivity contribution in [3.63, 3.8) is 0 Å². The molecule has 4 aromatic carbocycles. The monoisotopic (exact) mass is 698 g/mol. The second kappa shape index (κ2) is 13.1. The third kappa shape index (κ3) is 7.70. The van der Waals surface area contributed by atoms with Crippen molar-refractivity contribution in [3.05, 3.63) is 118 Å². The van der Waals surface area contributed by atoms with Crippen LogP contribution in [0.5, 0.6) is 0 Å². The van der Waals surface area contributed by atoms with Gasteiger partial charge >= 0.3 is 6.18 Å². The smallest absolute Gasteiger partial charge is 0.341 e. The second-order valence-corrected chi connectivity index (χ2v) is 13.5. The maximum atomic E-state index is 13.5. The maximum absolute atomic E-state index is 13.5. The first-order valence-electron chi connectivity index (χ1n) is 14.6. The van der Waals surface area contributed by atoms with E-state index >= 15 is 0 Å². The lowest BCUT2D eigenvalue weighted by atomic mass is 10.1. The van der Waals surface area contributed by atoms with E-state index in [-0.39, 0.29) is 21.6 Å². The first-order chi connectivity index (χ1) is 22.5. The number of carbonyl (C=O) groups excluding carboxylic acids is 2. The highest BCUT2D eigenvalue weighted by Crippen LogP contribution is 2.47. The largest absolute Gasteiger partial charge is 0.417 e. The zero-order valence-electron chi connectivity index (χ0n) is 25.9. The molecule has 0 unspecified atom stereocenters. The Bertz CT molecular complexity index is 2140. The molecular formula is C34H30ClF3N4O5S. The number of aromatic nitrogens is 2. The van der Waals surface area contributed by atoms with Crippen molar-refractivity contribution < 1.29 is 35.7 Å². The minimum atomic E-state index is -4.70. The van der Waals surface area contributed by atoms with E-state index in [1.54, 1.807) is 43.3 Å². The molecule has 250 valence electrons. The zero-order valence-corrected chi connectivity index (χ0v) is 27.4. The van der Waals surface area contributed by atoms with Crippen LogP contribution in [0.25, 0.3) is 11.0 Å². The summed E-state index contributed by atoms with van der Waals surface area (Å²) < 4.78 is 69.9. The highest BCUT2D eigenvalue weighted by atomic mass is 35.5. The van der Waals surface area contributed by atoms with E-state index in [4.69, 9.17) is 16.2 Å². The Balaban J connectivity index is 0.000000349. The molecule has 1 heterocycles. The third-order valence-corrected chi connectivity index (χ3v) is 9.25. The van der Waals surface area contributed by atoms with Crippen LogP contribution in [0, 0.1) is 13.8 Å². The van der Waals surface area contributed by atoms with Gasteiger partial charge in [0, 0.05) is 21.8 Å². The lowest BCUT2D eigenvalue weighted by Crippen LogP contribution is -2.19. The summed E-state index contributed by atoms with van der Waals surface area (Å²) in [5.41, 5.74) is 1.62. The van der Waals surface area contributed by atoms with Gasteiger partial charge in [-0.05, 0) is 80.8 Å². The first kappa shape index (κ1) is 34.6. The topological polar surface area (TPSA) is 141 Å². The third-order valence-electron chi connectivity index (χ3n) is 7.97. The van der Waals surface area contributed by atoms with E-state index < -0.39 is 39.2 Å². The molecule has 1 aliphatic rings. The minimum absolute atomic E-state index is 0.0666. The van der Waals surface area contributed by atoms with Gasteiger partial charge < -0.3 is 15.6 Å². The van der Waals surface area contributed by atoms with Gasteiger partial charge in [0.05, 0.1) is 27.1 Å². The zero-order chi connectivity index (χ0) is 35.0. The standard InChI is InChI=1S/C27H22ClF3N4O2.C7H8O3S/c1-14-19(28)8-5-9-20(14)33-24(37)17-12-15(13-21-22(17)35-25(34-21)26(2)10-11-26)32-23(36)16-6-3-4-7-18(16)27(29,30)31;1-6-2-4-7(5-3-6)11(8,9)10/h3-9,12-13H,10-11H2,1-2H3,(H,32,36)(H,33,37)(H,34,35);2-5H,1H3,(H,8,9,10). The summed E-state index contributed by atoms with van der Waals surface area (Å²) in [6.07, 6.45) is -2.82. The van der Waals surface area contributed by atoms with Gasteiger partial charge in [0.15, 0.2) is 0 Å². The van der Waals surface area contributed by atoms with Crippen molar-refractivity contribution in [1.29, 1.82) is 0 Å². The van der Waals surface area contributed by atoms with Crippen LogP contribution in [0.1, 0.15) is 63.0 Å². The number of aromatic amines is 1. The van der Waals surface area contributed by atoms with Crippen molar-refractivity contribution >= 4 is 55.9 Å². The molecule has 5 aromatic rings. The molecule has 9 nitrogen and oxygen atoms in total. The first-order valence-corrected chi connectivity index (χ1v) is 16.4. The molecule has 2 amide bonds. The molecule has 1 aliphatic carbocycles. The van der Waals surface area contributed by atoms with Crippen molar-refractivity contribution in [1.82, 2.24) is 9.97 Å². The van der Waals surface area contributed by atoms with Crippen LogP contribution in [0.4, 0.5) is 24.5 Å². The van der Waals surface area contributed by atoms with Crippen molar-refractivity contribution in [2.24, 2.45) is 0 Å². The molecule has 6 rings (SSSR count). The van der Waals surface area contributed by atoms with Crippen LogP contribution in [-0.2, 0) is 21.7 Å². The number of H-pyrrole nitrogens is 1. The average molecular weight is 699 g/mol. The number of nitrogens with one attached hydrogen (secondary N) is 3. The molecule has 0 spiro atoms. The van der Waals surface area contributed by atoms with Gasteiger partial charge in [-0.2, -0.15) is 21.6 Å². The molecule has 0 bridgehead atoms. The number of benzene rings is 4. The van der Waals surface area contributed by atoms with Gasteiger partial charge in [-0.15, -0.1) is 0 Å². The summed E-state index contributed by atoms with van der Waals surface area (Å²) in [6, 6.07) is 18.6. The quantitative estimate of drug-likeness (QED) is 0.131. The van der Waals surface area contributed by atoms with E-state index in [1.165, 1.54) is 30.3 Å². The minimum Gasteiger partial charge on any atom is -0.341 e. The normalized spacial score (nSPS) is 13.8. The number of amides is 2. The molecule has 1 fully saturated rings. The number of alkyl halides is 3. The fourth-order valence-corrected chi connectivity index (χ4v) is 5.50. The summed E-state index contributed by atoms with van der Waals surface area (Å²) in [5.74, 6) is -0.735. The molecule has 48 heavy (non-hydrogen) atoms. The van der Waals surface area contributed by atoms with E-state index in [9.17, 15) is 31.2 Å². The van der Waals surface area contributed by atoms with Gasteiger partial charge in [-0.3, -0.25) is 14.1 Å². The van der Waals surface area contributed by atoms with Crippen molar-refractivity contribution in [3.8, 4) is 0 Å². The summed E-state index contributed by atoms with van der Waals surface area (Å²) in [4.78, 5) is 34.1. The molecule has 0 saturated heterocycles. The molecule has 0 atom stereocenters. The molecule has 4 N–H and O–H groups in total. The Kier molecular flexibility index (Phi) is 9.42. The molecule has 1 aromatic heterocycles. The number of hydrogen-bond acceptors (Lipinski definition) is 5. The Morgan fingerprint density at radius 2 is 1.56 bits per heavy atom. The fourth-order valence-electron chi connectivity index (χ4n) is 4.84. The van der Waals surface area contributed by atoms with Gasteiger partial charge in [0.2, 0.25) is 0 Å². The number of imidazole rings is 1. The predicted molar refractivity (Wildman–Crippen MR) is 177 cm³/mol. The van der Waals surface area contributed by atoms with Crippen LogP contribution in [0.3, 0.4) is 0 Å². The van der Waals surface area contributed by atoms with E-state index in [0.29, 0.717) is 33.1 Å². The number of rotatable bonds is 6. The van der Waals surface area contributed by atoms with Crippen molar-refractivity contribution in [2.75, 3.05) is 10.6 Å². The Labute approximate surface area is 279 Å². The van der Waals surface area contributed by atoms with Crippen molar-refractivity contribution in [2.45, 2.75) is 50.1 Å². The maximum Gasteiger partial charge on any atom is 0.417 e. The van der Waals surface area contributed by atoms with Gasteiger partial charge in [0.25, 0.3) is 21.9 Å². The van der Waals surface area contributed by atoms with Crippen LogP contribution >= 0.6 is 11.6 Å². The Morgan fingerprint density at radius 1 is 0.917 bits per heavy atom. The number of halogens is 4. The number of fused-ring (bicyclic) bond motifs is 1. The number of hydrogen-bond donors (Lipinski definition) is 4. The van der Waals surface area contributed by atoms with Gasteiger partial charge in [0.1, 0.15) is 11.3 Å². The second-order valence-electron chi connectivity index (χ2n) is 11.7. The summed E-state index contributed by atoms with van der Waals surface area (Å²) in [5, 5.41) is 5.83. The number of nitrogens with zero attached hydrogens (tertiary/aromatic N) is 1. The molecular weight excluding hydrogens is 669 g/mol. The number of aryl methyl sites for hydroxylation is 1. The fraction of sp³-hybridized carbons (Fsp3) is 0.206. The van der Waals surface area contributed by atoms with E-state index in [2.05, 4.69) is 27.5 Å². The number of carbonyl (C=O) groups is 2. The molecule has 1 saturated carbocycles. The van der Waals surface area contributed by atoms with E-state index in [0.717, 1.165) is 30.5 Å². The highest BCUT2D eigenvalue weighted by Gasteiger charge is 2.42. The van der Waals surface area contributed by atoms with Gasteiger partial charge in [-0.1, -0.05) is 54.4 Å².